The molecule has 8 rings (SSSR count). The van der Waals surface area contributed by atoms with E-state index in [0.717, 1.165) is 32.2 Å². The van der Waals surface area contributed by atoms with Crippen LogP contribution in [0.5, 0.6) is 11.8 Å². The summed E-state index contributed by atoms with van der Waals surface area (Å²) in [7, 11) is 1.35. The first-order valence-corrected chi connectivity index (χ1v) is 16.1. The first kappa shape index (κ1) is 34.3. The average molecular weight is 711 g/mol. The van der Waals surface area contributed by atoms with Crippen LogP contribution in [0.2, 0.25) is 5.02 Å². The number of alkyl halides is 1. The zero-order valence-corrected chi connectivity index (χ0v) is 27.9. The number of benzene rings is 2. The molecule has 0 aliphatic carbocycles. The van der Waals surface area contributed by atoms with Gasteiger partial charge in [-0.15, -0.1) is 12.4 Å². The third kappa shape index (κ3) is 5.65. The Morgan fingerprint density at radius 1 is 1.17 bits per heavy atom. The number of methoxy groups -OCH3 is 1. The van der Waals surface area contributed by atoms with Crippen molar-refractivity contribution in [1.82, 2.24) is 30.4 Å². The molecule has 0 radical (unpaired) electrons. The second kappa shape index (κ2) is 13.4. The molecule has 0 saturated carbocycles. The number of carboxylic acid groups (broad SMARTS) is 1. The average Bonchev–Trinajstić information content (AvgIpc) is 3.81. The summed E-state index contributed by atoms with van der Waals surface area (Å²) in [6.07, 6.45) is 4.72. The van der Waals surface area contributed by atoms with Crippen LogP contribution in [-0.4, -0.2) is 100 Å². The van der Waals surface area contributed by atoms with Crippen LogP contribution in [0.1, 0.15) is 37.7 Å². The molecule has 4 saturated heterocycles. The third-order valence-electron chi connectivity index (χ3n) is 10.0. The van der Waals surface area contributed by atoms with Gasteiger partial charge < -0.3 is 24.8 Å². The summed E-state index contributed by atoms with van der Waals surface area (Å²) in [5.41, 5.74) is 0.442. The van der Waals surface area contributed by atoms with Crippen LogP contribution in [0.3, 0.4) is 0 Å². The highest BCUT2D eigenvalue weighted by molar-refractivity contribution is 6.36. The molecule has 11 nitrogen and oxygen atoms in total. The summed E-state index contributed by atoms with van der Waals surface area (Å²) < 4.78 is 60.0. The zero-order valence-electron chi connectivity index (χ0n) is 26.4. The molecule has 4 fully saturated rings. The molecule has 4 aliphatic rings. The summed E-state index contributed by atoms with van der Waals surface area (Å²) in [6.45, 7) is 4.10. The monoisotopic (exact) mass is 709 g/mol. The van der Waals surface area contributed by atoms with E-state index in [1.807, 2.05) is 4.90 Å². The number of ether oxygens (including phenoxy) is 2. The SMILES string of the molecule is COc1c(F)c(-c2c(Cl)c(C)cc3[nH]ncc23)c(F)c2nc(OC[C@@]34CCCN3C[C@H](F)C4)nc(N3CC4CCC(C3)N4)c12.Cl.O=CO. The quantitative estimate of drug-likeness (QED) is 0.223. The number of aromatic nitrogens is 4. The van der Waals surface area contributed by atoms with Gasteiger partial charge in [0, 0.05) is 49.1 Å². The Labute approximate surface area is 285 Å². The second-order valence-corrected chi connectivity index (χ2v) is 13.2. The molecule has 16 heteroatoms. The van der Waals surface area contributed by atoms with Gasteiger partial charge in [-0.05, 0) is 50.8 Å². The molecule has 0 amide bonds. The fourth-order valence-electron chi connectivity index (χ4n) is 8.00. The normalized spacial score (nSPS) is 24.7. The van der Waals surface area contributed by atoms with E-state index in [9.17, 15) is 4.39 Å². The van der Waals surface area contributed by atoms with Gasteiger partial charge in [0.25, 0.3) is 6.47 Å². The number of H-pyrrole nitrogens is 1. The number of rotatable bonds is 6. The molecule has 2 bridgehead atoms. The summed E-state index contributed by atoms with van der Waals surface area (Å²) >= 11 is 6.74. The third-order valence-corrected chi connectivity index (χ3v) is 10.5. The maximum atomic E-state index is 17.0. The fraction of sp³-hybridized carbons (Fsp3) is 0.500. The Morgan fingerprint density at radius 3 is 2.60 bits per heavy atom. The van der Waals surface area contributed by atoms with Crippen LogP contribution in [0, 0.1) is 18.6 Å². The van der Waals surface area contributed by atoms with Crippen molar-refractivity contribution in [3.8, 4) is 22.9 Å². The maximum absolute atomic E-state index is 17.0. The summed E-state index contributed by atoms with van der Waals surface area (Å²) in [5.74, 6) is -1.62. The van der Waals surface area contributed by atoms with Gasteiger partial charge in [0.05, 0.1) is 40.3 Å². The summed E-state index contributed by atoms with van der Waals surface area (Å²) in [4.78, 5) is 21.9. The maximum Gasteiger partial charge on any atom is 0.319 e. The van der Waals surface area contributed by atoms with Crippen molar-refractivity contribution < 1.29 is 32.5 Å². The predicted octanol–water partition coefficient (Wildman–Crippen LogP) is 5.44. The molecule has 2 aromatic heterocycles. The Bertz CT molecular complexity index is 1850. The van der Waals surface area contributed by atoms with Crippen LogP contribution in [0.15, 0.2) is 12.3 Å². The van der Waals surface area contributed by atoms with E-state index < -0.39 is 23.3 Å². The van der Waals surface area contributed by atoms with Crippen LogP contribution >= 0.6 is 24.0 Å². The van der Waals surface area contributed by atoms with Gasteiger partial charge in [-0.3, -0.25) is 14.8 Å². The Morgan fingerprint density at radius 2 is 1.90 bits per heavy atom. The number of hydrogen-bond donors (Lipinski definition) is 3. The Kier molecular flexibility index (Phi) is 9.55. The van der Waals surface area contributed by atoms with E-state index in [-0.39, 0.29) is 76.4 Å². The highest BCUT2D eigenvalue weighted by atomic mass is 35.5. The molecular formula is C32H36Cl2F3N7O4. The molecule has 4 aromatic rings. The number of halogens is 5. The number of piperazine rings is 1. The number of aryl methyl sites for hydroxylation is 1. The second-order valence-electron chi connectivity index (χ2n) is 12.8. The number of fused-ring (bicyclic) bond motifs is 5. The number of carbonyl (C=O) groups is 1. The number of hydrogen-bond acceptors (Lipinski definition) is 9. The zero-order chi connectivity index (χ0) is 33.0. The molecular weight excluding hydrogens is 674 g/mol. The molecule has 4 aliphatic heterocycles. The fourth-order valence-corrected chi connectivity index (χ4v) is 8.25. The first-order chi connectivity index (χ1) is 22.7. The van der Waals surface area contributed by atoms with E-state index in [4.69, 9.17) is 36.0 Å². The minimum atomic E-state index is -0.922. The van der Waals surface area contributed by atoms with E-state index in [0.29, 0.717) is 48.3 Å². The van der Waals surface area contributed by atoms with Crippen molar-refractivity contribution >= 4 is 58.1 Å². The van der Waals surface area contributed by atoms with Crippen molar-refractivity contribution in [2.75, 3.05) is 44.8 Å². The van der Waals surface area contributed by atoms with Gasteiger partial charge in [-0.1, -0.05) is 11.6 Å². The molecule has 258 valence electrons. The van der Waals surface area contributed by atoms with Crippen LogP contribution in [0.4, 0.5) is 19.0 Å². The van der Waals surface area contributed by atoms with E-state index in [1.165, 1.54) is 13.3 Å². The molecule has 48 heavy (non-hydrogen) atoms. The van der Waals surface area contributed by atoms with Gasteiger partial charge in [0.15, 0.2) is 17.4 Å². The van der Waals surface area contributed by atoms with E-state index in [2.05, 4.69) is 25.4 Å². The van der Waals surface area contributed by atoms with E-state index >= 15 is 8.78 Å². The van der Waals surface area contributed by atoms with Gasteiger partial charge >= 0.3 is 6.01 Å². The topological polar surface area (TPSA) is 129 Å². The highest BCUT2D eigenvalue weighted by Crippen LogP contribution is 2.48. The lowest BCUT2D eigenvalue weighted by Crippen LogP contribution is -2.51. The van der Waals surface area contributed by atoms with Gasteiger partial charge in [0.2, 0.25) is 0 Å². The number of anilines is 1. The van der Waals surface area contributed by atoms with Crippen molar-refractivity contribution in [2.24, 2.45) is 0 Å². The number of nitrogens with one attached hydrogen (secondary N) is 2. The molecule has 0 spiro atoms. The standard InChI is InChI=1S/C31H33ClF3N7O2.CH2O2.ClH/c1-15-8-20-19(10-36-40-20)21(24(15)32)22-25(34)27-23(28(43-2)26(22)35)29(41-12-17-4-5-18(13-41)37-17)39-30(38-27)44-14-31-6-3-7-42(31)11-16(33)9-31;2-1-3;/h8,10,16-18,37H,3-7,9,11-14H2,1-2H3,(H,36,40);1H,(H,2,3);1H/t16-,17?,18?,31+;;/m1../s1. The van der Waals surface area contributed by atoms with Crippen molar-refractivity contribution in [2.45, 2.75) is 62.8 Å². The van der Waals surface area contributed by atoms with Gasteiger partial charge in [0.1, 0.15) is 24.1 Å². The van der Waals surface area contributed by atoms with Gasteiger partial charge in [-0.25, -0.2) is 13.2 Å². The van der Waals surface area contributed by atoms with Crippen molar-refractivity contribution in [1.29, 1.82) is 0 Å². The summed E-state index contributed by atoms with van der Waals surface area (Å²) in [5, 5.41) is 18.2. The molecule has 6 heterocycles. The van der Waals surface area contributed by atoms with Crippen molar-refractivity contribution in [3.63, 3.8) is 0 Å². The number of nitrogens with zero attached hydrogens (tertiary/aromatic N) is 5. The largest absolute Gasteiger partial charge is 0.493 e. The lowest BCUT2D eigenvalue weighted by Gasteiger charge is -2.35. The van der Waals surface area contributed by atoms with Gasteiger partial charge in [-0.2, -0.15) is 15.1 Å². The molecule has 4 atom stereocenters. The van der Waals surface area contributed by atoms with Crippen LogP contribution in [-0.2, 0) is 4.79 Å². The Balaban J connectivity index is 0.000000969. The van der Waals surface area contributed by atoms with Crippen LogP contribution < -0.4 is 19.7 Å². The molecule has 2 unspecified atom stereocenters. The minimum absolute atomic E-state index is 0. The van der Waals surface area contributed by atoms with Crippen molar-refractivity contribution in [3.05, 3.63) is 34.5 Å². The Hall–Kier alpha value is -3.59. The lowest BCUT2D eigenvalue weighted by atomic mass is 9.95. The minimum Gasteiger partial charge on any atom is -0.493 e. The van der Waals surface area contributed by atoms with Crippen LogP contribution in [0.25, 0.3) is 32.9 Å². The smallest absolute Gasteiger partial charge is 0.319 e. The summed E-state index contributed by atoms with van der Waals surface area (Å²) in [6, 6.07) is 2.21. The van der Waals surface area contributed by atoms with E-state index in [1.54, 1.807) is 13.0 Å². The highest BCUT2D eigenvalue weighted by Gasteiger charge is 2.49. The number of aromatic amines is 1. The molecule has 3 N–H and O–H groups in total. The molecule has 2 aromatic carbocycles. The first-order valence-electron chi connectivity index (χ1n) is 15.7. The predicted molar refractivity (Wildman–Crippen MR) is 177 cm³/mol. The lowest BCUT2D eigenvalue weighted by molar-refractivity contribution is -0.122.